The second kappa shape index (κ2) is 10.6. The summed E-state index contributed by atoms with van der Waals surface area (Å²) >= 11 is 1.71. The van der Waals surface area contributed by atoms with Gasteiger partial charge in [0.2, 0.25) is 0 Å². The Balaban J connectivity index is 1.72. The summed E-state index contributed by atoms with van der Waals surface area (Å²) in [5, 5.41) is 9.99. The van der Waals surface area contributed by atoms with Crippen molar-refractivity contribution in [3.8, 4) is 0 Å². The number of guanidine groups is 1. The highest BCUT2D eigenvalue weighted by Crippen LogP contribution is 2.07. The molecule has 1 unspecified atom stereocenters. The van der Waals surface area contributed by atoms with Crippen LogP contribution in [0, 0.1) is 12.8 Å². The molecule has 1 atom stereocenters. The van der Waals surface area contributed by atoms with Gasteiger partial charge in [0.25, 0.3) is 0 Å². The van der Waals surface area contributed by atoms with Gasteiger partial charge in [-0.2, -0.15) is 0 Å². The number of morpholine rings is 1. The Kier molecular flexibility index (Phi) is 8.49. The number of thiazole rings is 1. The topological polar surface area (TPSA) is 61.8 Å². The maximum atomic E-state index is 5.40. The average Bonchev–Trinajstić information content (AvgIpc) is 2.99. The molecule has 0 aromatic carbocycles. The molecular formula is C17H31N5OS. The van der Waals surface area contributed by atoms with Gasteiger partial charge in [0, 0.05) is 51.1 Å². The second-order valence-corrected chi connectivity index (χ2v) is 7.33. The van der Waals surface area contributed by atoms with Crippen LogP contribution in [0.4, 0.5) is 0 Å². The van der Waals surface area contributed by atoms with Gasteiger partial charge in [-0.3, -0.25) is 9.89 Å². The van der Waals surface area contributed by atoms with Crippen LogP contribution < -0.4 is 10.6 Å². The van der Waals surface area contributed by atoms with E-state index in [-0.39, 0.29) is 0 Å². The van der Waals surface area contributed by atoms with Crippen LogP contribution in [-0.4, -0.2) is 68.3 Å². The predicted octanol–water partition coefficient (Wildman–Crippen LogP) is 1.52. The maximum absolute atomic E-state index is 5.40. The summed E-state index contributed by atoms with van der Waals surface area (Å²) in [6, 6.07) is 0. The van der Waals surface area contributed by atoms with E-state index in [1.165, 1.54) is 0 Å². The second-order valence-electron chi connectivity index (χ2n) is 6.27. The molecular weight excluding hydrogens is 322 g/mol. The van der Waals surface area contributed by atoms with E-state index >= 15 is 0 Å². The maximum Gasteiger partial charge on any atom is 0.191 e. The molecule has 0 aliphatic carbocycles. The lowest BCUT2D eigenvalue weighted by molar-refractivity contribution is 0.0323. The molecule has 0 spiro atoms. The number of rotatable bonds is 8. The van der Waals surface area contributed by atoms with Gasteiger partial charge < -0.3 is 15.4 Å². The molecule has 2 rings (SSSR count). The third-order valence-corrected chi connectivity index (χ3v) is 4.74. The molecule has 2 heterocycles. The molecule has 1 aromatic rings. The lowest BCUT2D eigenvalue weighted by atomic mass is 10.1. The summed E-state index contributed by atoms with van der Waals surface area (Å²) in [7, 11) is 0. The number of nitrogens with zero attached hydrogens (tertiary/aromatic N) is 3. The van der Waals surface area contributed by atoms with Gasteiger partial charge in [-0.05, 0) is 19.8 Å². The summed E-state index contributed by atoms with van der Waals surface area (Å²) in [5.41, 5.74) is 1.15. The lowest BCUT2D eigenvalue weighted by Gasteiger charge is -2.28. The van der Waals surface area contributed by atoms with Crippen LogP contribution in [0.3, 0.4) is 0 Å². The van der Waals surface area contributed by atoms with E-state index in [1.807, 2.05) is 6.92 Å². The third kappa shape index (κ3) is 7.15. The van der Waals surface area contributed by atoms with E-state index < -0.39 is 0 Å². The van der Waals surface area contributed by atoms with Gasteiger partial charge in [0.15, 0.2) is 5.96 Å². The van der Waals surface area contributed by atoms with Crippen LogP contribution in [0.15, 0.2) is 10.4 Å². The largest absolute Gasteiger partial charge is 0.379 e. The van der Waals surface area contributed by atoms with Crippen molar-refractivity contribution in [2.45, 2.75) is 27.2 Å². The van der Waals surface area contributed by atoms with Crippen LogP contribution >= 0.6 is 11.3 Å². The summed E-state index contributed by atoms with van der Waals surface area (Å²) < 4.78 is 5.40. The number of hydrogen-bond acceptors (Lipinski definition) is 5. The summed E-state index contributed by atoms with van der Waals surface area (Å²) in [4.78, 5) is 11.7. The molecule has 0 bridgehead atoms. The summed E-state index contributed by atoms with van der Waals surface area (Å²) in [6.45, 7) is 13.9. The van der Waals surface area contributed by atoms with Gasteiger partial charge in [-0.25, -0.2) is 4.98 Å². The van der Waals surface area contributed by atoms with Crippen molar-refractivity contribution >= 4 is 17.3 Å². The van der Waals surface area contributed by atoms with Crippen molar-refractivity contribution in [1.82, 2.24) is 20.5 Å². The Morgan fingerprint density at radius 1 is 1.42 bits per heavy atom. The highest BCUT2D eigenvalue weighted by atomic mass is 32.1. The molecule has 1 aliphatic rings. The quantitative estimate of drug-likeness (QED) is 0.548. The standard InChI is InChI=1S/C17H31N5OS/c1-4-18-17(19-6-5-16-13-24-15(3)21-16)20-11-14(2)12-22-7-9-23-10-8-22/h13-14H,4-12H2,1-3H3,(H2,18,19,20). The van der Waals surface area contributed by atoms with E-state index in [1.54, 1.807) is 11.3 Å². The molecule has 0 saturated carbocycles. The number of hydrogen-bond donors (Lipinski definition) is 2. The van der Waals surface area contributed by atoms with E-state index in [0.29, 0.717) is 5.92 Å². The highest BCUT2D eigenvalue weighted by Gasteiger charge is 2.13. The minimum atomic E-state index is 0.541. The van der Waals surface area contributed by atoms with Crippen molar-refractivity contribution in [2.75, 3.05) is 52.5 Å². The van der Waals surface area contributed by atoms with E-state index in [4.69, 9.17) is 9.73 Å². The van der Waals surface area contributed by atoms with Crippen LogP contribution in [0.1, 0.15) is 24.5 Å². The van der Waals surface area contributed by atoms with E-state index in [0.717, 1.165) is 75.6 Å². The Bertz CT molecular complexity index is 499. The molecule has 1 aliphatic heterocycles. The Hall–Kier alpha value is -1.18. The zero-order valence-electron chi connectivity index (χ0n) is 15.2. The van der Waals surface area contributed by atoms with Crippen molar-refractivity contribution in [1.29, 1.82) is 0 Å². The Morgan fingerprint density at radius 2 is 2.21 bits per heavy atom. The van der Waals surface area contributed by atoms with Gasteiger partial charge in [-0.1, -0.05) is 6.92 Å². The summed E-state index contributed by atoms with van der Waals surface area (Å²) in [6.07, 6.45) is 0.929. The van der Waals surface area contributed by atoms with Gasteiger partial charge in [0.1, 0.15) is 0 Å². The predicted molar refractivity (Wildman–Crippen MR) is 101 cm³/mol. The summed E-state index contributed by atoms with van der Waals surface area (Å²) in [5.74, 6) is 1.44. The van der Waals surface area contributed by atoms with Crippen LogP contribution in [0.2, 0.25) is 0 Å². The molecule has 0 radical (unpaired) electrons. The fourth-order valence-corrected chi connectivity index (χ4v) is 3.35. The van der Waals surface area contributed by atoms with Gasteiger partial charge in [0.05, 0.1) is 23.9 Å². The monoisotopic (exact) mass is 353 g/mol. The average molecular weight is 354 g/mol. The number of aromatic nitrogens is 1. The molecule has 136 valence electrons. The van der Waals surface area contributed by atoms with Gasteiger partial charge >= 0.3 is 0 Å². The fraction of sp³-hybridized carbons (Fsp3) is 0.765. The first-order chi connectivity index (χ1) is 11.7. The molecule has 1 saturated heterocycles. The lowest BCUT2D eigenvalue weighted by Crippen LogP contribution is -2.40. The minimum Gasteiger partial charge on any atom is -0.379 e. The fourth-order valence-electron chi connectivity index (χ4n) is 2.70. The molecule has 0 amide bonds. The SMILES string of the molecule is CCNC(=NCC(C)CN1CCOCC1)NCCc1csc(C)n1. The highest BCUT2D eigenvalue weighted by molar-refractivity contribution is 7.09. The molecule has 24 heavy (non-hydrogen) atoms. The zero-order chi connectivity index (χ0) is 17.2. The van der Waals surface area contributed by atoms with Crippen molar-refractivity contribution in [3.63, 3.8) is 0 Å². The van der Waals surface area contributed by atoms with Crippen LogP contribution in [0.25, 0.3) is 0 Å². The normalized spacial score (nSPS) is 17.7. The number of ether oxygens (including phenoxy) is 1. The smallest absolute Gasteiger partial charge is 0.191 e. The van der Waals surface area contributed by atoms with E-state index in [9.17, 15) is 0 Å². The first-order valence-electron chi connectivity index (χ1n) is 8.90. The van der Waals surface area contributed by atoms with E-state index in [2.05, 4.69) is 39.7 Å². The first kappa shape index (κ1) is 19.1. The Labute approximate surface area is 149 Å². The number of aliphatic imine (C=N–C) groups is 1. The zero-order valence-corrected chi connectivity index (χ0v) is 16.0. The minimum absolute atomic E-state index is 0.541. The number of nitrogens with one attached hydrogen (secondary N) is 2. The van der Waals surface area contributed by atoms with Crippen LogP contribution in [-0.2, 0) is 11.2 Å². The van der Waals surface area contributed by atoms with Crippen molar-refractivity contribution in [3.05, 3.63) is 16.1 Å². The molecule has 6 nitrogen and oxygen atoms in total. The molecule has 7 heteroatoms. The molecule has 1 aromatic heterocycles. The third-order valence-electron chi connectivity index (χ3n) is 3.92. The first-order valence-corrected chi connectivity index (χ1v) is 9.78. The molecule has 1 fully saturated rings. The molecule has 2 N–H and O–H groups in total. The van der Waals surface area contributed by atoms with Crippen molar-refractivity contribution in [2.24, 2.45) is 10.9 Å². The van der Waals surface area contributed by atoms with Crippen molar-refractivity contribution < 1.29 is 4.74 Å². The number of aryl methyl sites for hydroxylation is 1. The Morgan fingerprint density at radius 3 is 2.88 bits per heavy atom. The van der Waals surface area contributed by atoms with Gasteiger partial charge in [-0.15, -0.1) is 11.3 Å². The van der Waals surface area contributed by atoms with Crippen LogP contribution in [0.5, 0.6) is 0 Å².